The van der Waals surface area contributed by atoms with E-state index in [2.05, 4.69) is 18.0 Å². The highest BCUT2D eigenvalue weighted by molar-refractivity contribution is 8.13. The van der Waals surface area contributed by atoms with Gasteiger partial charge in [-0.2, -0.15) is 0 Å². The average molecular weight is 352 g/mol. The van der Waals surface area contributed by atoms with E-state index in [9.17, 15) is 4.79 Å². The van der Waals surface area contributed by atoms with Crippen molar-refractivity contribution in [1.29, 1.82) is 0 Å². The molecule has 0 saturated carbocycles. The van der Waals surface area contributed by atoms with Crippen LogP contribution in [0, 0.1) is 6.92 Å². The normalized spacial score (nSPS) is 11.8. The van der Waals surface area contributed by atoms with E-state index in [0.717, 1.165) is 34.2 Å². The third kappa shape index (κ3) is 4.31. The monoisotopic (exact) mass is 352 g/mol. The molecular formula is C20H20N2O2S. The molecule has 0 aliphatic carbocycles. The third-order valence-electron chi connectivity index (χ3n) is 3.92. The molecule has 5 heteroatoms. The molecule has 3 rings (SSSR count). The van der Waals surface area contributed by atoms with E-state index in [0.29, 0.717) is 16.5 Å². The van der Waals surface area contributed by atoms with Crippen LogP contribution in [0.3, 0.4) is 0 Å². The minimum Gasteiger partial charge on any atom is -0.423 e. The van der Waals surface area contributed by atoms with Crippen LogP contribution in [0.4, 0.5) is 5.69 Å². The number of fused-ring (bicyclic) bond motifs is 1. The Bertz CT molecular complexity index is 992. The van der Waals surface area contributed by atoms with Crippen molar-refractivity contribution in [3.8, 4) is 0 Å². The molecule has 0 unspecified atom stereocenters. The predicted molar refractivity (Wildman–Crippen MR) is 106 cm³/mol. The molecule has 0 aliphatic rings. The number of benzene rings is 2. The van der Waals surface area contributed by atoms with Gasteiger partial charge in [0.2, 0.25) is 0 Å². The summed E-state index contributed by atoms with van der Waals surface area (Å²) in [6, 6.07) is 15.4. The van der Waals surface area contributed by atoms with Gasteiger partial charge in [0.1, 0.15) is 5.58 Å². The Hall–Kier alpha value is -2.53. The molecule has 0 bridgehead atoms. The zero-order chi connectivity index (χ0) is 17.8. The quantitative estimate of drug-likeness (QED) is 0.425. The van der Waals surface area contributed by atoms with Crippen LogP contribution in [0.15, 0.2) is 62.7 Å². The third-order valence-corrected chi connectivity index (χ3v) is 4.76. The standard InChI is InChI=1S/C20H20N2O2S/c1-3-14-7-8-17-15(11-19(23)24-18(17)10-14)12-25-20(21)22-16-6-4-5-13(2)9-16/h4-11H,3,12H2,1-2H3,(H2,21,22). The Morgan fingerprint density at radius 2 is 2.04 bits per heavy atom. The predicted octanol–water partition coefficient (Wildman–Crippen LogP) is 4.54. The van der Waals surface area contributed by atoms with Crippen molar-refractivity contribution in [3.63, 3.8) is 0 Å². The zero-order valence-corrected chi connectivity index (χ0v) is 15.1. The van der Waals surface area contributed by atoms with Crippen LogP contribution in [0.2, 0.25) is 0 Å². The van der Waals surface area contributed by atoms with Gasteiger partial charge in [0.05, 0.1) is 5.69 Å². The molecule has 0 atom stereocenters. The fraction of sp³-hybridized carbons (Fsp3) is 0.200. The van der Waals surface area contributed by atoms with Crippen molar-refractivity contribution in [2.75, 3.05) is 0 Å². The highest BCUT2D eigenvalue weighted by atomic mass is 32.2. The van der Waals surface area contributed by atoms with E-state index in [1.165, 1.54) is 17.8 Å². The Labute approximate surface area is 150 Å². The Morgan fingerprint density at radius 3 is 2.80 bits per heavy atom. The van der Waals surface area contributed by atoms with Gasteiger partial charge in [-0.3, -0.25) is 0 Å². The maximum Gasteiger partial charge on any atom is 0.336 e. The minimum absolute atomic E-state index is 0.342. The molecule has 0 saturated heterocycles. The van der Waals surface area contributed by atoms with Crippen LogP contribution in [-0.4, -0.2) is 5.17 Å². The first-order valence-corrected chi connectivity index (χ1v) is 9.13. The fourth-order valence-electron chi connectivity index (χ4n) is 2.62. The summed E-state index contributed by atoms with van der Waals surface area (Å²) in [6.07, 6.45) is 0.898. The lowest BCUT2D eigenvalue weighted by Crippen LogP contribution is -2.07. The van der Waals surface area contributed by atoms with Gasteiger partial charge in [-0.1, -0.05) is 43.0 Å². The van der Waals surface area contributed by atoms with E-state index in [1.54, 1.807) is 0 Å². The van der Waals surface area contributed by atoms with Crippen LogP contribution < -0.4 is 11.4 Å². The summed E-state index contributed by atoms with van der Waals surface area (Å²) in [5.41, 5.74) is 10.3. The highest BCUT2D eigenvalue weighted by Gasteiger charge is 2.08. The minimum atomic E-state index is -0.342. The van der Waals surface area contributed by atoms with Gasteiger partial charge in [-0.15, -0.1) is 0 Å². The second-order valence-electron chi connectivity index (χ2n) is 5.85. The molecule has 3 aromatic rings. The lowest BCUT2D eigenvalue weighted by atomic mass is 10.1. The summed E-state index contributed by atoms with van der Waals surface area (Å²) in [6.45, 7) is 4.09. The lowest BCUT2D eigenvalue weighted by molar-refractivity contribution is 0.559. The van der Waals surface area contributed by atoms with Gasteiger partial charge in [-0.25, -0.2) is 9.79 Å². The summed E-state index contributed by atoms with van der Waals surface area (Å²) in [4.78, 5) is 16.3. The molecule has 0 spiro atoms. The van der Waals surface area contributed by atoms with E-state index in [4.69, 9.17) is 10.2 Å². The van der Waals surface area contributed by atoms with Crippen molar-refractivity contribution in [2.45, 2.75) is 26.0 Å². The highest BCUT2D eigenvalue weighted by Crippen LogP contribution is 2.24. The molecule has 4 nitrogen and oxygen atoms in total. The van der Waals surface area contributed by atoms with Crippen molar-refractivity contribution in [3.05, 3.63) is 75.6 Å². The first-order chi connectivity index (χ1) is 12.0. The first-order valence-electron chi connectivity index (χ1n) is 8.14. The molecule has 2 N–H and O–H groups in total. The summed E-state index contributed by atoms with van der Waals surface area (Å²) >= 11 is 1.41. The summed E-state index contributed by atoms with van der Waals surface area (Å²) in [5, 5.41) is 1.41. The van der Waals surface area contributed by atoms with E-state index >= 15 is 0 Å². The summed E-state index contributed by atoms with van der Waals surface area (Å²) in [5.74, 6) is 0.564. The largest absolute Gasteiger partial charge is 0.423 e. The fourth-order valence-corrected chi connectivity index (χ4v) is 3.33. The van der Waals surface area contributed by atoms with Crippen LogP contribution >= 0.6 is 11.8 Å². The molecule has 0 aliphatic heterocycles. The van der Waals surface area contributed by atoms with Gasteiger partial charge in [0, 0.05) is 17.2 Å². The zero-order valence-electron chi connectivity index (χ0n) is 14.3. The number of aryl methyl sites for hydroxylation is 2. The van der Waals surface area contributed by atoms with Gasteiger partial charge >= 0.3 is 5.63 Å². The van der Waals surface area contributed by atoms with Crippen LogP contribution in [0.5, 0.6) is 0 Å². The molecule has 25 heavy (non-hydrogen) atoms. The molecule has 2 aromatic carbocycles. The number of aliphatic imine (C=N–C) groups is 1. The molecule has 1 aromatic heterocycles. The molecule has 0 amide bonds. The summed E-state index contributed by atoms with van der Waals surface area (Å²) < 4.78 is 5.33. The average Bonchev–Trinajstić information content (AvgIpc) is 2.59. The van der Waals surface area contributed by atoms with E-state index < -0.39 is 0 Å². The van der Waals surface area contributed by atoms with Crippen molar-refractivity contribution >= 4 is 33.6 Å². The maximum atomic E-state index is 11.8. The number of hydrogen-bond donors (Lipinski definition) is 1. The number of nitrogens with two attached hydrogens (primary N) is 1. The Kier molecular flexibility index (Phi) is 5.24. The topological polar surface area (TPSA) is 68.6 Å². The number of amidine groups is 1. The van der Waals surface area contributed by atoms with Gasteiger partial charge in [-0.05, 0) is 48.2 Å². The number of hydrogen-bond acceptors (Lipinski definition) is 4. The Balaban J connectivity index is 1.84. The number of nitrogens with zero attached hydrogens (tertiary/aromatic N) is 1. The number of thioether (sulfide) groups is 1. The smallest absolute Gasteiger partial charge is 0.336 e. The van der Waals surface area contributed by atoms with Crippen LogP contribution in [0.25, 0.3) is 11.0 Å². The van der Waals surface area contributed by atoms with Crippen LogP contribution in [0.1, 0.15) is 23.6 Å². The van der Waals surface area contributed by atoms with Crippen molar-refractivity contribution in [1.82, 2.24) is 0 Å². The van der Waals surface area contributed by atoms with Crippen LogP contribution in [-0.2, 0) is 12.2 Å². The van der Waals surface area contributed by atoms with Gasteiger partial charge in [0.15, 0.2) is 5.17 Å². The number of rotatable bonds is 4. The summed E-state index contributed by atoms with van der Waals surface area (Å²) in [7, 11) is 0. The molecular weight excluding hydrogens is 332 g/mol. The van der Waals surface area contributed by atoms with Crippen molar-refractivity contribution in [2.24, 2.45) is 10.7 Å². The SMILES string of the molecule is CCc1ccc2c(CSC(N)=Nc3cccc(C)c3)cc(=O)oc2c1. The van der Waals surface area contributed by atoms with Gasteiger partial charge < -0.3 is 10.2 Å². The molecule has 1 heterocycles. The molecule has 0 radical (unpaired) electrons. The van der Waals surface area contributed by atoms with Crippen molar-refractivity contribution < 1.29 is 4.42 Å². The van der Waals surface area contributed by atoms with E-state index in [1.807, 2.05) is 43.3 Å². The van der Waals surface area contributed by atoms with E-state index in [-0.39, 0.29) is 5.63 Å². The molecule has 128 valence electrons. The first kappa shape index (κ1) is 17.3. The second-order valence-corrected chi connectivity index (χ2v) is 6.85. The second kappa shape index (κ2) is 7.57. The maximum absolute atomic E-state index is 11.8. The molecule has 0 fully saturated rings. The Morgan fingerprint density at radius 1 is 1.20 bits per heavy atom. The van der Waals surface area contributed by atoms with Gasteiger partial charge in [0.25, 0.3) is 0 Å². The lowest BCUT2D eigenvalue weighted by Gasteiger charge is -2.06.